The number of esters is 1. The lowest BCUT2D eigenvalue weighted by Gasteiger charge is -2.18. The molecule has 6 heteroatoms. The number of likely N-dealkylation sites (tertiary alicyclic amines) is 1. The summed E-state index contributed by atoms with van der Waals surface area (Å²) >= 11 is 0. The second kappa shape index (κ2) is 18.5. The van der Waals surface area contributed by atoms with E-state index < -0.39 is 6.09 Å². The SMILES string of the molecule is CCCCC/C=C\C/C=C\CCCCCCCC(=O)OCOC(=O)n1cc(C[C@H]2CCCN2C)c2ccccc21. The smallest absolute Gasteiger partial charge is 0.421 e. The van der Waals surface area contributed by atoms with Crippen LogP contribution in [-0.2, 0) is 20.7 Å². The first-order chi connectivity index (χ1) is 19.6. The Morgan fingerprint density at radius 1 is 0.925 bits per heavy atom. The average molecular weight is 551 g/mol. The number of ether oxygens (including phenoxy) is 2. The van der Waals surface area contributed by atoms with E-state index in [1.54, 1.807) is 0 Å². The van der Waals surface area contributed by atoms with Crippen LogP contribution in [0.15, 0.2) is 54.8 Å². The number of para-hydroxylation sites is 1. The zero-order valence-corrected chi connectivity index (χ0v) is 24.8. The van der Waals surface area contributed by atoms with Gasteiger partial charge in [-0.15, -0.1) is 0 Å². The molecule has 1 aliphatic heterocycles. The highest BCUT2D eigenvalue weighted by Gasteiger charge is 2.23. The predicted octanol–water partition coefficient (Wildman–Crippen LogP) is 8.58. The largest absolute Gasteiger partial charge is 0.428 e. The minimum absolute atomic E-state index is 0.319. The zero-order chi connectivity index (χ0) is 28.4. The van der Waals surface area contributed by atoms with Crippen molar-refractivity contribution < 1.29 is 19.1 Å². The van der Waals surface area contributed by atoms with Crippen LogP contribution in [0.1, 0.15) is 102 Å². The van der Waals surface area contributed by atoms with E-state index >= 15 is 0 Å². The number of unbranched alkanes of at least 4 members (excludes halogenated alkanes) is 8. The molecule has 1 atom stereocenters. The summed E-state index contributed by atoms with van der Waals surface area (Å²) in [5, 5.41) is 1.07. The van der Waals surface area contributed by atoms with Gasteiger partial charge in [0.15, 0.2) is 0 Å². The Hall–Kier alpha value is -2.86. The van der Waals surface area contributed by atoms with Crippen LogP contribution in [0.3, 0.4) is 0 Å². The molecule has 1 aromatic heterocycles. The van der Waals surface area contributed by atoms with Crippen molar-refractivity contribution in [3.05, 3.63) is 60.3 Å². The molecule has 0 amide bonds. The van der Waals surface area contributed by atoms with Crippen LogP contribution >= 0.6 is 0 Å². The van der Waals surface area contributed by atoms with Crippen molar-refractivity contribution >= 4 is 23.0 Å². The zero-order valence-electron chi connectivity index (χ0n) is 24.8. The molecule has 0 N–H and O–H groups in total. The molecule has 1 aromatic carbocycles. The van der Waals surface area contributed by atoms with Gasteiger partial charge in [-0.3, -0.25) is 9.36 Å². The van der Waals surface area contributed by atoms with Crippen LogP contribution in [0.25, 0.3) is 10.9 Å². The van der Waals surface area contributed by atoms with E-state index in [9.17, 15) is 9.59 Å². The van der Waals surface area contributed by atoms with E-state index in [2.05, 4.69) is 49.2 Å². The molecule has 0 unspecified atom stereocenters. The number of hydrogen-bond donors (Lipinski definition) is 0. The quantitative estimate of drug-likeness (QED) is 0.0805. The number of aromatic nitrogens is 1. The summed E-state index contributed by atoms with van der Waals surface area (Å²) in [6.07, 6.45) is 26.6. The number of carbonyl (C=O) groups is 2. The Labute approximate surface area is 241 Å². The number of likely N-dealkylation sites (N-methyl/N-ethyl adjacent to an activating group) is 1. The van der Waals surface area contributed by atoms with Gasteiger partial charge in [0.1, 0.15) is 0 Å². The minimum Gasteiger partial charge on any atom is -0.428 e. The van der Waals surface area contributed by atoms with Crippen molar-refractivity contribution in [3.63, 3.8) is 0 Å². The Bertz CT molecular complexity index is 1090. The maximum absolute atomic E-state index is 12.8. The fourth-order valence-electron chi connectivity index (χ4n) is 5.42. The van der Waals surface area contributed by atoms with Crippen LogP contribution < -0.4 is 0 Å². The molecule has 0 aliphatic carbocycles. The van der Waals surface area contributed by atoms with Crippen molar-refractivity contribution in [2.24, 2.45) is 0 Å². The summed E-state index contributed by atoms with van der Waals surface area (Å²) in [6, 6.07) is 8.38. The topological polar surface area (TPSA) is 60.8 Å². The maximum atomic E-state index is 12.8. The second-order valence-electron chi connectivity index (χ2n) is 11.0. The molecule has 3 rings (SSSR count). The molecule has 6 nitrogen and oxygen atoms in total. The van der Waals surface area contributed by atoms with Gasteiger partial charge in [0.2, 0.25) is 6.79 Å². The molecule has 0 radical (unpaired) electrons. The van der Waals surface area contributed by atoms with Crippen molar-refractivity contribution in [1.82, 2.24) is 9.47 Å². The molecule has 1 aliphatic rings. The third kappa shape index (κ3) is 11.0. The van der Waals surface area contributed by atoms with Crippen molar-refractivity contribution in [1.29, 1.82) is 0 Å². The van der Waals surface area contributed by atoms with Crippen molar-refractivity contribution in [3.8, 4) is 0 Å². The van der Waals surface area contributed by atoms with E-state index in [4.69, 9.17) is 9.47 Å². The van der Waals surface area contributed by atoms with E-state index in [1.165, 1.54) is 55.9 Å². The maximum Gasteiger partial charge on any atom is 0.421 e. The minimum atomic E-state index is -0.521. The summed E-state index contributed by atoms with van der Waals surface area (Å²) in [7, 11) is 2.16. The van der Waals surface area contributed by atoms with E-state index in [0.29, 0.717) is 12.5 Å². The van der Waals surface area contributed by atoms with E-state index in [0.717, 1.165) is 61.5 Å². The molecule has 2 heterocycles. The molecular formula is C34H50N2O4. The highest BCUT2D eigenvalue weighted by Crippen LogP contribution is 2.26. The Morgan fingerprint density at radius 3 is 2.40 bits per heavy atom. The number of carbonyl (C=O) groups excluding carboxylic acids is 2. The second-order valence-corrected chi connectivity index (χ2v) is 11.0. The lowest BCUT2D eigenvalue weighted by atomic mass is 10.0. The average Bonchev–Trinajstić information content (AvgIpc) is 3.54. The first-order valence-corrected chi connectivity index (χ1v) is 15.5. The van der Waals surface area contributed by atoms with Gasteiger partial charge >= 0.3 is 12.1 Å². The van der Waals surface area contributed by atoms with Gasteiger partial charge in [-0.25, -0.2) is 4.79 Å². The number of benzene rings is 1. The summed E-state index contributed by atoms with van der Waals surface area (Å²) < 4.78 is 12.0. The van der Waals surface area contributed by atoms with E-state index in [-0.39, 0.29) is 12.8 Å². The summed E-state index contributed by atoms with van der Waals surface area (Å²) in [4.78, 5) is 27.3. The molecule has 2 aromatic rings. The third-order valence-corrected chi connectivity index (χ3v) is 7.85. The Morgan fingerprint density at radius 2 is 1.65 bits per heavy atom. The van der Waals surface area contributed by atoms with Gasteiger partial charge in [-0.1, -0.05) is 81.5 Å². The molecule has 40 heavy (non-hydrogen) atoms. The molecule has 1 saturated heterocycles. The van der Waals surface area contributed by atoms with Crippen LogP contribution in [0, 0.1) is 0 Å². The first kappa shape index (κ1) is 31.7. The Balaban J connectivity index is 1.25. The molecule has 0 spiro atoms. The molecule has 1 fully saturated rings. The van der Waals surface area contributed by atoms with Gasteiger partial charge in [0, 0.05) is 24.0 Å². The lowest BCUT2D eigenvalue weighted by molar-refractivity contribution is -0.151. The van der Waals surface area contributed by atoms with Crippen LogP contribution in [-0.4, -0.2) is 48.0 Å². The van der Waals surface area contributed by atoms with Gasteiger partial charge in [-0.2, -0.15) is 0 Å². The number of nitrogens with zero attached hydrogens (tertiary/aromatic N) is 2. The molecule has 0 bridgehead atoms. The van der Waals surface area contributed by atoms with Gasteiger partial charge < -0.3 is 14.4 Å². The van der Waals surface area contributed by atoms with Gasteiger partial charge in [0.05, 0.1) is 5.52 Å². The van der Waals surface area contributed by atoms with Gasteiger partial charge in [-0.05, 0) is 83.0 Å². The highest BCUT2D eigenvalue weighted by molar-refractivity contribution is 5.92. The molecular weight excluding hydrogens is 500 g/mol. The highest BCUT2D eigenvalue weighted by atomic mass is 16.7. The fourth-order valence-corrected chi connectivity index (χ4v) is 5.42. The molecule has 0 saturated carbocycles. The van der Waals surface area contributed by atoms with Crippen LogP contribution in [0.4, 0.5) is 4.79 Å². The van der Waals surface area contributed by atoms with E-state index in [1.807, 2.05) is 24.4 Å². The monoisotopic (exact) mass is 550 g/mol. The van der Waals surface area contributed by atoms with Gasteiger partial charge in [0.25, 0.3) is 0 Å². The molecule has 220 valence electrons. The normalized spacial score (nSPS) is 16.0. The fraction of sp³-hybridized carbons (Fsp3) is 0.588. The lowest BCUT2D eigenvalue weighted by Crippen LogP contribution is -2.26. The summed E-state index contributed by atoms with van der Waals surface area (Å²) in [5.41, 5.74) is 1.96. The van der Waals surface area contributed by atoms with Crippen molar-refractivity contribution in [2.75, 3.05) is 20.4 Å². The number of rotatable bonds is 18. The number of allylic oxidation sites excluding steroid dienone is 4. The number of fused-ring (bicyclic) bond motifs is 1. The number of hydrogen-bond acceptors (Lipinski definition) is 5. The van der Waals surface area contributed by atoms with Crippen LogP contribution in [0.5, 0.6) is 0 Å². The van der Waals surface area contributed by atoms with Crippen molar-refractivity contribution in [2.45, 2.75) is 109 Å². The predicted molar refractivity (Wildman–Crippen MR) is 163 cm³/mol. The Kier molecular flexibility index (Phi) is 14.6. The standard InChI is InChI=1S/C34H50N2O4/c1-3-4-5-6-7-8-9-10-11-12-13-14-15-16-17-24-33(37)39-28-40-34(38)36-27-29(26-30-21-20-25-35(30)2)31-22-18-19-23-32(31)36/h7-8,10-11,18-19,22-23,27,30H,3-6,9,12-17,20-21,24-26,28H2,1-2H3/b8-7-,11-10-/t30-/m1/s1. The third-order valence-electron chi connectivity index (χ3n) is 7.85. The first-order valence-electron chi connectivity index (χ1n) is 15.5. The van der Waals surface area contributed by atoms with Crippen LogP contribution in [0.2, 0.25) is 0 Å². The summed E-state index contributed by atoms with van der Waals surface area (Å²) in [6.45, 7) is 3.00. The summed E-state index contributed by atoms with van der Waals surface area (Å²) in [5.74, 6) is -0.319.